The largest absolute Gasteiger partial charge is 0.337 e. The zero-order valence-corrected chi connectivity index (χ0v) is 18.0. The molecule has 2 aromatic carbocycles. The van der Waals surface area contributed by atoms with E-state index in [-0.39, 0.29) is 5.91 Å². The van der Waals surface area contributed by atoms with E-state index in [9.17, 15) is 4.79 Å². The molecule has 1 amide bonds. The Hall–Kier alpha value is -2.04. The molecule has 2 aliphatic heterocycles. The first-order chi connectivity index (χ1) is 14.2. The van der Waals surface area contributed by atoms with Gasteiger partial charge in [-0.05, 0) is 60.8 Å². The lowest BCUT2D eigenvalue weighted by Gasteiger charge is -2.38. The molecular formula is C25H30N2OS. The van der Waals surface area contributed by atoms with Gasteiger partial charge in [-0.1, -0.05) is 42.5 Å². The zero-order chi connectivity index (χ0) is 20.1. The van der Waals surface area contributed by atoms with Gasteiger partial charge in [-0.3, -0.25) is 9.69 Å². The number of carbonyl (C=O) groups is 1. The van der Waals surface area contributed by atoms with E-state index in [0.717, 1.165) is 38.2 Å². The number of hydrogen-bond acceptors (Lipinski definition) is 3. The molecule has 1 atom stereocenters. The van der Waals surface area contributed by atoms with Gasteiger partial charge in [-0.2, -0.15) is 0 Å². The third-order valence-electron chi connectivity index (χ3n) is 5.97. The summed E-state index contributed by atoms with van der Waals surface area (Å²) in [5.41, 5.74) is 4.05. The summed E-state index contributed by atoms with van der Waals surface area (Å²) in [5, 5.41) is 0. The van der Waals surface area contributed by atoms with Crippen molar-refractivity contribution in [2.45, 2.75) is 37.1 Å². The van der Waals surface area contributed by atoms with Crippen LogP contribution in [-0.2, 0) is 17.6 Å². The van der Waals surface area contributed by atoms with Crippen LogP contribution < -0.4 is 0 Å². The molecule has 152 valence electrons. The average molecular weight is 407 g/mol. The van der Waals surface area contributed by atoms with Crippen molar-refractivity contribution < 1.29 is 4.79 Å². The van der Waals surface area contributed by atoms with Crippen LogP contribution in [0.1, 0.15) is 30.0 Å². The van der Waals surface area contributed by atoms with Gasteiger partial charge in [0.15, 0.2) is 0 Å². The minimum Gasteiger partial charge on any atom is -0.337 e. The summed E-state index contributed by atoms with van der Waals surface area (Å²) in [7, 11) is 0. The molecule has 4 heteroatoms. The second-order valence-corrected chi connectivity index (χ2v) is 9.19. The molecular weight excluding hydrogens is 376 g/mol. The molecule has 0 N–H and O–H groups in total. The van der Waals surface area contributed by atoms with Crippen LogP contribution in [0.15, 0.2) is 59.5 Å². The molecule has 0 radical (unpaired) electrons. The van der Waals surface area contributed by atoms with Gasteiger partial charge in [0.25, 0.3) is 0 Å². The highest BCUT2D eigenvalue weighted by molar-refractivity contribution is 7.99. The second-order valence-electron chi connectivity index (χ2n) is 8.05. The average Bonchev–Trinajstić information content (AvgIpc) is 2.78. The fraction of sp³-hybridized carbons (Fsp3) is 0.400. The first kappa shape index (κ1) is 20.2. The van der Waals surface area contributed by atoms with Crippen LogP contribution in [0.5, 0.6) is 0 Å². The molecule has 2 aromatic rings. The van der Waals surface area contributed by atoms with E-state index in [1.807, 2.05) is 53.1 Å². The summed E-state index contributed by atoms with van der Waals surface area (Å²) < 4.78 is 0. The Morgan fingerprint density at radius 2 is 1.90 bits per heavy atom. The van der Waals surface area contributed by atoms with Crippen molar-refractivity contribution in [1.82, 2.24) is 9.80 Å². The highest BCUT2D eigenvalue weighted by atomic mass is 32.2. The monoisotopic (exact) mass is 406 g/mol. The van der Waals surface area contributed by atoms with E-state index >= 15 is 0 Å². The van der Waals surface area contributed by atoms with Crippen LogP contribution in [0.25, 0.3) is 6.08 Å². The highest BCUT2D eigenvalue weighted by Crippen LogP contribution is 2.31. The maximum Gasteiger partial charge on any atom is 0.246 e. The molecule has 2 heterocycles. The Balaban J connectivity index is 1.28. The molecule has 29 heavy (non-hydrogen) atoms. The topological polar surface area (TPSA) is 23.6 Å². The summed E-state index contributed by atoms with van der Waals surface area (Å²) >= 11 is 2.00. The van der Waals surface area contributed by atoms with Crippen molar-refractivity contribution in [1.29, 1.82) is 0 Å². The van der Waals surface area contributed by atoms with Gasteiger partial charge in [-0.25, -0.2) is 0 Å². The summed E-state index contributed by atoms with van der Waals surface area (Å²) in [4.78, 5) is 18.5. The number of aryl methyl sites for hydroxylation is 1. The molecule has 1 unspecified atom stereocenters. The highest BCUT2D eigenvalue weighted by Gasteiger charge is 2.23. The SMILES string of the molecule is CC(Cc1ccc2c(c1)CCCS2)N1CCN(C(=O)C=Cc2ccccc2)CC1. The van der Waals surface area contributed by atoms with Crippen molar-refractivity contribution >= 4 is 23.7 Å². The molecule has 3 nitrogen and oxygen atoms in total. The van der Waals surface area contributed by atoms with Gasteiger partial charge >= 0.3 is 0 Å². The minimum atomic E-state index is 0.119. The number of benzene rings is 2. The molecule has 1 fully saturated rings. The molecule has 0 aromatic heterocycles. The molecule has 0 spiro atoms. The number of fused-ring (bicyclic) bond motifs is 1. The van der Waals surface area contributed by atoms with Crippen LogP contribution in [-0.4, -0.2) is 53.7 Å². The summed E-state index contributed by atoms with van der Waals surface area (Å²) in [6, 6.07) is 17.6. The number of hydrogen-bond donors (Lipinski definition) is 0. The van der Waals surface area contributed by atoms with E-state index < -0.39 is 0 Å². The van der Waals surface area contributed by atoms with E-state index in [0.29, 0.717) is 6.04 Å². The van der Waals surface area contributed by atoms with E-state index in [2.05, 4.69) is 30.0 Å². The van der Waals surface area contributed by atoms with Gasteiger partial charge in [0.1, 0.15) is 0 Å². The van der Waals surface area contributed by atoms with Crippen LogP contribution in [0.3, 0.4) is 0 Å². The maximum absolute atomic E-state index is 12.5. The standard InChI is InChI=1S/C25H30N2OS/c1-20(18-22-9-11-24-23(19-22)8-5-17-29-24)26-13-15-27(16-14-26)25(28)12-10-21-6-3-2-4-7-21/h2-4,6-7,9-12,19-20H,5,8,13-18H2,1H3. The normalized spacial score (nSPS) is 18.6. The maximum atomic E-state index is 12.5. The van der Waals surface area contributed by atoms with Gasteiger partial charge in [0.2, 0.25) is 5.91 Å². The quantitative estimate of drug-likeness (QED) is 0.683. The van der Waals surface area contributed by atoms with Crippen molar-refractivity contribution in [3.8, 4) is 0 Å². The lowest BCUT2D eigenvalue weighted by atomic mass is 10.0. The molecule has 2 aliphatic rings. The number of thioether (sulfide) groups is 1. The van der Waals surface area contributed by atoms with Crippen molar-refractivity contribution in [2.24, 2.45) is 0 Å². The Kier molecular flexibility index (Phi) is 6.73. The number of carbonyl (C=O) groups excluding carboxylic acids is 1. The Bertz CT molecular complexity index is 856. The van der Waals surface area contributed by atoms with Crippen LogP contribution in [0, 0.1) is 0 Å². The smallest absolute Gasteiger partial charge is 0.246 e. The summed E-state index contributed by atoms with van der Waals surface area (Å²) in [5.74, 6) is 1.38. The van der Waals surface area contributed by atoms with Gasteiger partial charge in [-0.15, -0.1) is 11.8 Å². The van der Waals surface area contributed by atoms with Crippen LogP contribution >= 0.6 is 11.8 Å². The van der Waals surface area contributed by atoms with Crippen molar-refractivity contribution in [3.05, 3.63) is 71.3 Å². The molecule has 0 saturated carbocycles. The van der Waals surface area contributed by atoms with Crippen LogP contribution in [0.4, 0.5) is 0 Å². The van der Waals surface area contributed by atoms with Crippen molar-refractivity contribution in [3.63, 3.8) is 0 Å². The number of nitrogens with zero attached hydrogens (tertiary/aromatic N) is 2. The zero-order valence-electron chi connectivity index (χ0n) is 17.2. The summed E-state index contributed by atoms with van der Waals surface area (Å²) in [6.07, 6.45) is 7.22. The Labute approximate surface area is 178 Å². The third-order valence-corrected chi connectivity index (χ3v) is 7.17. The molecule has 1 saturated heterocycles. The number of rotatable bonds is 5. The molecule has 4 rings (SSSR count). The fourth-order valence-corrected chi connectivity index (χ4v) is 5.25. The Morgan fingerprint density at radius 3 is 2.69 bits per heavy atom. The predicted octanol–water partition coefficient (Wildman–Crippen LogP) is 4.51. The molecule has 0 aliphatic carbocycles. The first-order valence-corrected chi connectivity index (χ1v) is 11.7. The fourth-order valence-electron chi connectivity index (χ4n) is 4.23. The Morgan fingerprint density at radius 1 is 1.10 bits per heavy atom. The molecule has 0 bridgehead atoms. The lowest BCUT2D eigenvalue weighted by Crippen LogP contribution is -2.51. The third kappa shape index (κ3) is 5.31. The van der Waals surface area contributed by atoms with Gasteiger partial charge in [0, 0.05) is 43.2 Å². The van der Waals surface area contributed by atoms with E-state index in [1.54, 1.807) is 6.08 Å². The number of amides is 1. The van der Waals surface area contributed by atoms with Crippen molar-refractivity contribution in [2.75, 3.05) is 31.9 Å². The predicted molar refractivity (Wildman–Crippen MR) is 122 cm³/mol. The van der Waals surface area contributed by atoms with Gasteiger partial charge in [0.05, 0.1) is 0 Å². The van der Waals surface area contributed by atoms with E-state index in [1.165, 1.54) is 34.6 Å². The van der Waals surface area contributed by atoms with E-state index in [4.69, 9.17) is 0 Å². The lowest BCUT2D eigenvalue weighted by molar-refractivity contribution is -0.127. The minimum absolute atomic E-state index is 0.119. The number of piperazine rings is 1. The summed E-state index contributed by atoms with van der Waals surface area (Å²) in [6.45, 7) is 5.84. The van der Waals surface area contributed by atoms with Crippen LogP contribution in [0.2, 0.25) is 0 Å². The first-order valence-electron chi connectivity index (χ1n) is 10.7. The van der Waals surface area contributed by atoms with Gasteiger partial charge < -0.3 is 4.90 Å². The second kappa shape index (κ2) is 9.64.